The van der Waals surface area contributed by atoms with Crippen molar-refractivity contribution in [1.82, 2.24) is 9.80 Å². The number of hydrogen-bond donors (Lipinski definition) is 1. The van der Waals surface area contributed by atoms with Gasteiger partial charge in [-0.3, -0.25) is 4.90 Å². The van der Waals surface area contributed by atoms with Gasteiger partial charge in [-0.05, 0) is 34.2 Å². The largest absolute Gasteiger partial charge is 0.479 e. The van der Waals surface area contributed by atoms with Crippen molar-refractivity contribution < 1.29 is 19.4 Å². The molecule has 6 nitrogen and oxygen atoms in total. The lowest BCUT2D eigenvalue weighted by Gasteiger charge is -2.35. The van der Waals surface area contributed by atoms with Gasteiger partial charge in [0.2, 0.25) is 0 Å². The van der Waals surface area contributed by atoms with E-state index in [4.69, 9.17) is 4.74 Å². The molecule has 0 bridgehead atoms. The smallest absolute Gasteiger partial charge is 0.411 e. The number of hydrogen-bond acceptors (Lipinski definition) is 4. The zero-order valence-electron chi connectivity index (χ0n) is 11.7. The number of amides is 1. The molecule has 0 aromatic rings. The summed E-state index contributed by atoms with van der Waals surface area (Å²) in [6.45, 7) is 6.24. The van der Waals surface area contributed by atoms with Crippen molar-refractivity contribution in [2.75, 3.05) is 27.2 Å². The fourth-order valence-electron chi connectivity index (χ4n) is 2.08. The summed E-state index contributed by atoms with van der Waals surface area (Å²) >= 11 is 0. The molecule has 1 aliphatic rings. The summed E-state index contributed by atoms with van der Waals surface area (Å²) in [5.74, 6) is -0.986. The van der Waals surface area contributed by atoms with Crippen LogP contribution in [0.3, 0.4) is 0 Å². The minimum absolute atomic E-state index is 0.318. The van der Waals surface area contributed by atoms with E-state index in [0.717, 1.165) is 0 Å². The molecule has 1 fully saturated rings. The van der Waals surface area contributed by atoms with Gasteiger partial charge >= 0.3 is 12.1 Å². The lowest BCUT2D eigenvalue weighted by Crippen LogP contribution is -2.57. The van der Waals surface area contributed by atoms with Gasteiger partial charge in [0.1, 0.15) is 5.60 Å². The summed E-state index contributed by atoms with van der Waals surface area (Å²) in [6.07, 6.45) is -0.186. The Hall–Kier alpha value is -1.30. The van der Waals surface area contributed by atoms with Gasteiger partial charge in [-0.25, -0.2) is 9.59 Å². The van der Waals surface area contributed by atoms with Crippen LogP contribution in [-0.2, 0) is 9.53 Å². The molecule has 1 rings (SSSR count). The van der Waals surface area contributed by atoms with E-state index in [1.807, 2.05) is 11.9 Å². The minimum Gasteiger partial charge on any atom is -0.479 e. The van der Waals surface area contributed by atoms with Crippen molar-refractivity contribution >= 4 is 12.1 Å². The maximum absolute atomic E-state index is 12.0. The van der Waals surface area contributed by atoms with Crippen molar-refractivity contribution in [3.05, 3.63) is 0 Å². The Morgan fingerprint density at radius 2 is 1.94 bits per heavy atom. The number of nitrogens with zero attached hydrogens (tertiary/aromatic N) is 2. The molecule has 1 unspecified atom stereocenters. The van der Waals surface area contributed by atoms with Gasteiger partial charge in [-0.15, -0.1) is 0 Å². The highest BCUT2D eigenvalue weighted by molar-refractivity contribution is 5.85. The van der Waals surface area contributed by atoms with Crippen LogP contribution >= 0.6 is 0 Å². The van der Waals surface area contributed by atoms with Crippen LogP contribution in [0.2, 0.25) is 0 Å². The second-order valence-electron chi connectivity index (χ2n) is 5.86. The summed E-state index contributed by atoms with van der Waals surface area (Å²) in [5, 5.41) is 9.42. The van der Waals surface area contributed by atoms with Crippen LogP contribution in [0.5, 0.6) is 0 Å². The third kappa shape index (κ3) is 2.93. The highest BCUT2D eigenvalue weighted by atomic mass is 16.6. The van der Waals surface area contributed by atoms with E-state index >= 15 is 0 Å². The lowest BCUT2D eigenvalue weighted by molar-refractivity contribution is -0.149. The van der Waals surface area contributed by atoms with E-state index < -0.39 is 23.2 Å². The number of aliphatic carboxylic acids is 1. The van der Waals surface area contributed by atoms with Crippen LogP contribution in [-0.4, -0.2) is 65.3 Å². The number of carboxylic acids is 1. The van der Waals surface area contributed by atoms with Gasteiger partial charge in [0.05, 0.1) is 0 Å². The van der Waals surface area contributed by atoms with Gasteiger partial charge < -0.3 is 14.7 Å². The fraction of sp³-hybridized carbons (Fsp3) is 0.833. The van der Waals surface area contributed by atoms with Gasteiger partial charge in [0.25, 0.3) is 0 Å². The number of carbonyl (C=O) groups is 2. The Morgan fingerprint density at radius 3 is 2.28 bits per heavy atom. The molecule has 1 aliphatic heterocycles. The molecule has 1 heterocycles. The van der Waals surface area contributed by atoms with E-state index in [1.165, 1.54) is 11.9 Å². The molecule has 0 radical (unpaired) electrons. The standard InChI is InChI=1S/C12H22N2O4/c1-11(2,3)18-10(17)14(5)12(9(15)16)6-7-13(4)8-12/h6-8H2,1-5H3,(H,15,16). The first-order valence-electron chi connectivity index (χ1n) is 5.97. The average molecular weight is 258 g/mol. The van der Waals surface area contributed by atoms with E-state index in [-0.39, 0.29) is 0 Å². The van der Waals surface area contributed by atoms with Crippen LogP contribution in [0, 0.1) is 0 Å². The zero-order chi connectivity index (χ0) is 14.1. The first-order chi connectivity index (χ1) is 8.08. The summed E-state index contributed by atoms with van der Waals surface area (Å²) < 4.78 is 5.23. The zero-order valence-corrected chi connectivity index (χ0v) is 11.7. The predicted molar refractivity (Wildman–Crippen MR) is 66.5 cm³/mol. The Balaban J connectivity index is 2.88. The molecule has 0 spiro atoms. The first-order valence-corrected chi connectivity index (χ1v) is 5.97. The molecule has 0 aliphatic carbocycles. The van der Waals surface area contributed by atoms with Crippen LogP contribution in [0.25, 0.3) is 0 Å². The second-order valence-corrected chi connectivity index (χ2v) is 5.86. The predicted octanol–water partition coefficient (Wildman–Crippen LogP) is 1.01. The maximum atomic E-state index is 12.0. The molecule has 1 amide bonds. The molecular formula is C12H22N2O4. The van der Waals surface area contributed by atoms with Gasteiger partial charge in [0.15, 0.2) is 5.54 Å². The van der Waals surface area contributed by atoms with Crippen molar-refractivity contribution in [2.45, 2.75) is 38.3 Å². The van der Waals surface area contributed by atoms with E-state index in [1.54, 1.807) is 20.8 Å². The minimum atomic E-state index is -1.18. The van der Waals surface area contributed by atoms with Gasteiger partial charge in [-0.1, -0.05) is 0 Å². The topological polar surface area (TPSA) is 70.1 Å². The maximum Gasteiger partial charge on any atom is 0.411 e. The van der Waals surface area contributed by atoms with Crippen molar-refractivity contribution in [1.29, 1.82) is 0 Å². The normalized spacial score (nSPS) is 24.9. The number of likely N-dealkylation sites (N-methyl/N-ethyl adjacent to an activating group) is 2. The van der Waals surface area contributed by atoms with Crippen molar-refractivity contribution in [3.63, 3.8) is 0 Å². The Morgan fingerprint density at radius 1 is 1.39 bits per heavy atom. The monoisotopic (exact) mass is 258 g/mol. The molecule has 18 heavy (non-hydrogen) atoms. The van der Waals surface area contributed by atoms with Crippen LogP contribution < -0.4 is 0 Å². The molecule has 0 aromatic heterocycles. The van der Waals surface area contributed by atoms with Gasteiger partial charge in [-0.2, -0.15) is 0 Å². The Labute approximate surface area is 107 Å². The van der Waals surface area contributed by atoms with Crippen LogP contribution in [0.1, 0.15) is 27.2 Å². The van der Waals surface area contributed by atoms with Crippen molar-refractivity contribution in [3.8, 4) is 0 Å². The molecule has 0 saturated carbocycles. The molecular weight excluding hydrogens is 236 g/mol. The number of carboxylic acid groups (broad SMARTS) is 1. The summed E-state index contributed by atoms with van der Waals surface area (Å²) in [6, 6.07) is 0. The lowest BCUT2D eigenvalue weighted by atomic mass is 9.97. The molecule has 6 heteroatoms. The molecule has 104 valence electrons. The SMILES string of the molecule is CN1CCC(C(=O)O)(N(C)C(=O)OC(C)(C)C)C1. The summed E-state index contributed by atoms with van der Waals surface area (Å²) in [7, 11) is 3.33. The van der Waals surface area contributed by atoms with Crippen LogP contribution in [0.4, 0.5) is 4.79 Å². The van der Waals surface area contributed by atoms with Gasteiger partial charge in [0, 0.05) is 20.1 Å². The quantitative estimate of drug-likeness (QED) is 0.800. The molecule has 1 atom stereocenters. The molecule has 1 saturated heterocycles. The Bertz CT molecular complexity index is 350. The highest BCUT2D eigenvalue weighted by Gasteiger charge is 2.50. The summed E-state index contributed by atoms with van der Waals surface area (Å²) in [4.78, 5) is 26.6. The van der Waals surface area contributed by atoms with E-state index in [9.17, 15) is 14.7 Å². The fourth-order valence-corrected chi connectivity index (χ4v) is 2.08. The third-order valence-corrected chi connectivity index (χ3v) is 3.15. The Kier molecular flexibility index (Phi) is 3.90. The van der Waals surface area contributed by atoms with E-state index in [2.05, 4.69) is 0 Å². The second kappa shape index (κ2) is 4.76. The third-order valence-electron chi connectivity index (χ3n) is 3.15. The molecule has 0 aromatic carbocycles. The molecule has 1 N–H and O–H groups in total. The number of likely N-dealkylation sites (tertiary alicyclic amines) is 1. The average Bonchev–Trinajstić information content (AvgIpc) is 2.58. The highest BCUT2D eigenvalue weighted by Crippen LogP contribution is 2.28. The summed E-state index contributed by atoms with van der Waals surface area (Å²) in [5.41, 5.74) is -1.81. The van der Waals surface area contributed by atoms with Crippen LogP contribution in [0.15, 0.2) is 0 Å². The number of rotatable bonds is 2. The number of ether oxygens (including phenoxy) is 1. The van der Waals surface area contributed by atoms with Crippen molar-refractivity contribution in [2.24, 2.45) is 0 Å². The number of carbonyl (C=O) groups excluding carboxylic acids is 1. The van der Waals surface area contributed by atoms with E-state index in [0.29, 0.717) is 19.5 Å². The first kappa shape index (κ1) is 14.8.